The van der Waals surface area contributed by atoms with Gasteiger partial charge in [-0.1, -0.05) is 19.0 Å². The zero-order chi connectivity index (χ0) is 17.7. The van der Waals surface area contributed by atoms with E-state index in [-0.39, 0.29) is 6.54 Å². The molecule has 23 heavy (non-hydrogen) atoms. The topological polar surface area (TPSA) is 96.6 Å². The van der Waals surface area contributed by atoms with E-state index in [0.717, 1.165) is 29.9 Å². The predicted molar refractivity (Wildman–Crippen MR) is 92.4 cm³/mol. The molecule has 0 bridgehead atoms. The van der Waals surface area contributed by atoms with Crippen molar-refractivity contribution >= 4 is 15.8 Å². The van der Waals surface area contributed by atoms with Crippen LogP contribution < -0.4 is 10.6 Å². The molecule has 0 saturated carbocycles. The van der Waals surface area contributed by atoms with Crippen LogP contribution in [0.4, 0.5) is 0 Å². The van der Waals surface area contributed by atoms with Gasteiger partial charge in [-0.3, -0.25) is 4.99 Å². The molecule has 1 rings (SSSR count). The van der Waals surface area contributed by atoms with E-state index in [9.17, 15) is 8.42 Å². The Hall–Kier alpha value is -1.57. The van der Waals surface area contributed by atoms with Gasteiger partial charge in [0, 0.05) is 38.4 Å². The molecule has 132 valence electrons. The summed E-state index contributed by atoms with van der Waals surface area (Å²) in [4.78, 5) is 4.13. The van der Waals surface area contributed by atoms with Crippen molar-refractivity contribution in [3.63, 3.8) is 0 Å². The highest BCUT2D eigenvalue weighted by Crippen LogP contribution is 2.16. The van der Waals surface area contributed by atoms with Crippen molar-refractivity contribution in [1.29, 1.82) is 0 Å². The van der Waals surface area contributed by atoms with Crippen molar-refractivity contribution in [3.05, 3.63) is 17.0 Å². The van der Waals surface area contributed by atoms with Crippen LogP contribution in [0.2, 0.25) is 0 Å². The van der Waals surface area contributed by atoms with Crippen LogP contribution >= 0.6 is 0 Å². The zero-order valence-electron chi connectivity index (χ0n) is 14.9. The van der Waals surface area contributed by atoms with Crippen molar-refractivity contribution < 1.29 is 12.9 Å². The summed E-state index contributed by atoms with van der Waals surface area (Å²) in [6, 6.07) is 0. The number of nitrogens with one attached hydrogen (secondary N) is 2. The van der Waals surface area contributed by atoms with Gasteiger partial charge in [0.1, 0.15) is 5.76 Å². The second kappa shape index (κ2) is 7.81. The molecule has 0 radical (unpaired) electrons. The van der Waals surface area contributed by atoms with E-state index < -0.39 is 14.6 Å². The monoisotopic (exact) mass is 344 g/mol. The lowest BCUT2D eigenvalue weighted by molar-refractivity contribution is 0.380. The summed E-state index contributed by atoms with van der Waals surface area (Å²) in [5.74, 6) is 1.41. The number of rotatable bonds is 7. The summed E-state index contributed by atoms with van der Waals surface area (Å²) in [6.45, 7) is 8.23. The molecular formula is C15H28N4O3S. The highest BCUT2D eigenvalue weighted by atomic mass is 32.2. The number of nitrogens with zero attached hydrogens (tertiary/aromatic N) is 2. The third-order valence-electron chi connectivity index (χ3n) is 3.95. The predicted octanol–water partition coefficient (Wildman–Crippen LogP) is 1.29. The van der Waals surface area contributed by atoms with Crippen molar-refractivity contribution in [2.24, 2.45) is 4.99 Å². The highest BCUT2D eigenvalue weighted by Gasteiger charge is 2.30. The van der Waals surface area contributed by atoms with Gasteiger partial charge >= 0.3 is 0 Å². The first-order chi connectivity index (χ1) is 10.7. The lowest BCUT2D eigenvalue weighted by atomic mass is 10.1. The molecule has 0 fully saturated rings. The second-order valence-corrected chi connectivity index (χ2v) is 8.70. The van der Waals surface area contributed by atoms with E-state index in [4.69, 9.17) is 4.52 Å². The smallest absolute Gasteiger partial charge is 0.191 e. The molecule has 0 aliphatic rings. The molecule has 1 aromatic heterocycles. The van der Waals surface area contributed by atoms with Crippen LogP contribution in [-0.4, -0.2) is 44.1 Å². The quantitative estimate of drug-likeness (QED) is 0.571. The molecule has 0 atom stereocenters. The van der Waals surface area contributed by atoms with Crippen molar-refractivity contribution in [3.8, 4) is 0 Å². The minimum Gasteiger partial charge on any atom is -0.361 e. The van der Waals surface area contributed by atoms with Crippen LogP contribution in [-0.2, 0) is 29.2 Å². The molecule has 0 saturated heterocycles. The fraction of sp³-hybridized carbons (Fsp3) is 0.733. The van der Waals surface area contributed by atoms with Crippen molar-refractivity contribution in [2.75, 3.05) is 19.8 Å². The molecule has 1 heterocycles. The standard InChI is InChI=1S/C15H28N4O3S/c1-7-12-11(13(8-2)22-19-12)9-17-14(16-5)18-10-15(3,4)23(6,20)21/h7-10H2,1-6H3,(H2,16,17,18). The minimum absolute atomic E-state index is 0.274. The first-order valence-electron chi connectivity index (χ1n) is 7.76. The molecule has 0 amide bonds. The third-order valence-corrected chi connectivity index (χ3v) is 6.10. The van der Waals surface area contributed by atoms with Gasteiger partial charge in [0.25, 0.3) is 0 Å². The van der Waals surface area contributed by atoms with Crippen LogP contribution in [0, 0.1) is 0 Å². The number of guanidine groups is 1. The fourth-order valence-electron chi connectivity index (χ4n) is 1.96. The highest BCUT2D eigenvalue weighted by molar-refractivity contribution is 7.92. The molecule has 0 aliphatic heterocycles. The number of aromatic nitrogens is 1. The number of hydrogen-bond donors (Lipinski definition) is 2. The molecule has 0 spiro atoms. The maximum atomic E-state index is 11.7. The van der Waals surface area contributed by atoms with Gasteiger partial charge in [-0.15, -0.1) is 0 Å². The maximum Gasteiger partial charge on any atom is 0.191 e. The average Bonchev–Trinajstić information content (AvgIpc) is 2.88. The molecule has 1 aromatic rings. The largest absolute Gasteiger partial charge is 0.361 e. The Morgan fingerprint density at radius 1 is 1.26 bits per heavy atom. The third kappa shape index (κ3) is 4.95. The van der Waals surface area contributed by atoms with Gasteiger partial charge in [0.2, 0.25) is 0 Å². The Balaban J connectivity index is 2.71. The normalized spacial score (nSPS) is 13.2. The minimum atomic E-state index is -3.16. The van der Waals surface area contributed by atoms with E-state index in [2.05, 4.69) is 20.8 Å². The van der Waals surface area contributed by atoms with Crippen LogP contribution in [0.1, 0.15) is 44.7 Å². The average molecular weight is 344 g/mol. The van der Waals surface area contributed by atoms with E-state index in [0.29, 0.717) is 12.5 Å². The molecule has 8 heteroatoms. The van der Waals surface area contributed by atoms with Gasteiger partial charge in [0.05, 0.1) is 10.4 Å². The van der Waals surface area contributed by atoms with E-state index in [1.165, 1.54) is 6.26 Å². The molecule has 0 aliphatic carbocycles. The summed E-state index contributed by atoms with van der Waals surface area (Å²) in [5, 5.41) is 10.3. The van der Waals surface area contributed by atoms with Gasteiger partial charge in [-0.2, -0.15) is 0 Å². The van der Waals surface area contributed by atoms with Gasteiger partial charge in [0.15, 0.2) is 15.8 Å². The second-order valence-electron chi connectivity index (χ2n) is 6.05. The summed E-state index contributed by atoms with van der Waals surface area (Å²) in [6.07, 6.45) is 2.81. The number of aliphatic imine (C=N–C) groups is 1. The van der Waals surface area contributed by atoms with Gasteiger partial charge in [-0.25, -0.2) is 8.42 Å². The molecule has 7 nitrogen and oxygen atoms in total. The van der Waals surface area contributed by atoms with Gasteiger partial charge < -0.3 is 15.2 Å². The lowest BCUT2D eigenvalue weighted by Crippen LogP contribution is -2.47. The molecular weight excluding hydrogens is 316 g/mol. The molecule has 0 unspecified atom stereocenters. The number of hydrogen-bond acceptors (Lipinski definition) is 5. The van der Waals surface area contributed by atoms with E-state index >= 15 is 0 Å². The number of sulfone groups is 1. The van der Waals surface area contributed by atoms with Crippen molar-refractivity contribution in [1.82, 2.24) is 15.8 Å². The van der Waals surface area contributed by atoms with Crippen LogP contribution in [0.3, 0.4) is 0 Å². The van der Waals surface area contributed by atoms with E-state index in [1.54, 1.807) is 20.9 Å². The Morgan fingerprint density at radius 3 is 2.39 bits per heavy atom. The molecule has 0 aromatic carbocycles. The summed E-state index contributed by atoms with van der Waals surface area (Å²) in [7, 11) is -1.51. The van der Waals surface area contributed by atoms with Crippen LogP contribution in [0.15, 0.2) is 9.52 Å². The Kier molecular flexibility index (Phi) is 6.61. The van der Waals surface area contributed by atoms with Crippen LogP contribution in [0.5, 0.6) is 0 Å². The Bertz CT molecular complexity index is 626. The van der Waals surface area contributed by atoms with E-state index in [1.807, 2.05) is 13.8 Å². The summed E-state index contributed by atoms with van der Waals surface area (Å²) < 4.78 is 28.0. The molecule has 2 N–H and O–H groups in total. The zero-order valence-corrected chi connectivity index (χ0v) is 15.7. The van der Waals surface area contributed by atoms with Gasteiger partial charge in [-0.05, 0) is 20.3 Å². The number of aryl methyl sites for hydroxylation is 2. The Morgan fingerprint density at radius 2 is 1.91 bits per heavy atom. The first kappa shape index (κ1) is 19.5. The Labute approximate surface area is 138 Å². The first-order valence-corrected chi connectivity index (χ1v) is 9.65. The van der Waals surface area contributed by atoms with Crippen LogP contribution in [0.25, 0.3) is 0 Å². The maximum absolute atomic E-state index is 11.7. The fourth-order valence-corrected chi connectivity index (χ4v) is 2.29. The summed E-state index contributed by atoms with van der Waals surface area (Å²) >= 11 is 0. The van der Waals surface area contributed by atoms with Crippen molar-refractivity contribution in [2.45, 2.75) is 51.8 Å². The summed E-state index contributed by atoms with van der Waals surface area (Å²) in [5.41, 5.74) is 1.97. The SMILES string of the molecule is CCc1noc(CC)c1CNC(=NC)NCC(C)(C)S(C)(=O)=O. The lowest BCUT2D eigenvalue weighted by Gasteiger charge is -2.24.